The molecular formula is C11H11FN4O4. The molecule has 0 fully saturated rings. The summed E-state index contributed by atoms with van der Waals surface area (Å²) in [5.41, 5.74) is 0.444. The predicted octanol–water partition coefficient (Wildman–Crippen LogP) is -0.256. The molecule has 1 rings (SSSR count). The molecule has 9 heteroatoms. The fraction of sp³-hybridized carbons (Fsp3) is 0.182. The number of aromatic nitrogens is 1. The van der Waals surface area contributed by atoms with E-state index >= 15 is 0 Å². The minimum atomic E-state index is -0.771. The van der Waals surface area contributed by atoms with E-state index in [1.807, 2.05) is 0 Å². The number of pyridine rings is 1. The van der Waals surface area contributed by atoms with Gasteiger partial charge in [0.2, 0.25) is 11.9 Å². The van der Waals surface area contributed by atoms with Gasteiger partial charge in [-0.05, 0) is 11.6 Å². The quantitative estimate of drug-likeness (QED) is 0.308. The van der Waals surface area contributed by atoms with E-state index in [1.165, 1.54) is 12.3 Å². The number of amides is 1. The summed E-state index contributed by atoms with van der Waals surface area (Å²) in [7, 11) is 0. The van der Waals surface area contributed by atoms with E-state index in [2.05, 4.69) is 15.6 Å². The first-order valence-corrected chi connectivity index (χ1v) is 5.44. The normalized spacial score (nSPS) is 10.8. The third-order valence-electron chi connectivity index (χ3n) is 2.04. The molecule has 0 aromatic carbocycles. The van der Waals surface area contributed by atoms with Crippen LogP contribution < -0.4 is 10.6 Å². The average Bonchev–Trinajstić information content (AvgIpc) is 2.38. The maximum Gasteiger partial charge on any atom is 0.274 e. The topological polar surface area (TPSA) is 114 Å². The largest absolute Gasteiger partial charge is 0.360 e. The Hall–Kier alpha value is -2.84. The highest BCUT2D eigenvalue weighted by molar-refractivity contribution is 5.80. The van der Waals surface area contributed by atoms with Gasteiger partial charge in [-0.3, -0.25) is 14.9 Å². The number of nitrogens with one attached hydrogen (secondary N) is 2. The number of aldehydes is 1. The molecule has 0 spiro atoms. The van der Waals surface area contributed by atoms with Crippen LogP contribution in [-0.4, -0.2) is 28.6 Å². The van der Waals surface area contributed by atoms with Crippen LogP contribution in [0.5, 0.6) is 0 Å². The Morgan fingerprint density at radius 2 is 2.25 bits per heavy atom. The molecule has 20 heavy (non-hydrogen) atoms. The van der Waals surface area contributed by atoms with Gasteiger partial charge in [0.05, 0.1) is 17.9 Å². The Morgan fingerprint density at radius 1 is 1.50 bits per heavy atom. The highest BCUT2D eigenvalue weighted by atomic mass is 19.1. The Kier molecular flexibility index (Phi) is 5.75. The van der Waals surface area contributed by atoms with Gasteiger partial charge in [0, 0.05) is 6.20 Å². The van der Waals surface area contributed by atoms with E-state index in [9.17, 15) is 24.1 Å². The molecular weight excluding hydrogens is 271 g/mol. The minimum absolute atomic E-state index is 0.134. The van der Waals surface area contributed by atoms with Crippen molar-refractivity contribution in [3.63, 3.8) is 0 Å². The molecule has 0 aliphatic carbocycles. The van der Waals surface area contributed by atoms with Crippen molar-refractivity contribution in [1.82, 2.24) is 15.6 Å². The fourth-order valence-corrected chi connectivity index (χ4v) is 1.27. The molecule has 0 radical (unpaired) electrons. The SMILES string of the molecule is O=CCN/C(=C\[N+](=O)[O-])NC(=O)Cc1ccc(F)nc1. The maximum atomic E-state index is 12.6. The van der Waals surface area contributed by atoms with Crippen LogP contribution in [0, 0.1) is 16.1 Å². The Morgan fingerprint density at radius 3 is 2.80 bits per heavy atom. The highest BCUT2D eigenvalue weighted by Crippen LogP contribution is 2.00. The second-order valence-corrected chi connectivity index (χ2v) is 3.59. The molecule has 1 aromatic rings. The monoisotopic (exact) mass is 282 g/mol. The smallest absolute Gasteiger partial charge is 0.274 e. The van der Waals surface area contributed by atoms with Crippen LogP contribution in [0.2, 0.25) is 0 Å². The molecule has 0 unspecified atom stereocenters. The number of nitrogens with zero attached hydrogens (tertiary/aromatic N) is 2. The number of carbonyl (C=O) groups excluding carboxylic acids is 2. The minimum Gasteiger partial charge on any atom is -0.360 e. The third kappa shape index (κ3) is 5.67. The zero-order chi connectivity index (χ0) is 15.0. The van der Waals surface area contributed by atoms with Crippen molar-refractivity contribution in [1.29, 1.82) is 0 Å². The molecule has 0 saturated carbocycles. The maximum absolute atomic E-state index is 12.6. The molecule has 106 valence electrons. The van der Waals surface area contributed by atoms with E-state index in [1.54, 1.807) is 0 Å². The number of hydrogen-bond donors (Lipinski definition) is 2. The van der Waals surface area contributed by atoms with Crippen molar-refractivity contribution in [3.8, 4) is 0 Å². The first-order chi connectivity index (χ1) is 9.51. The van der Waals surface area contributed by atoms with E-state index in [4.69, 9.17) is 0 Å². The van der Waals surface area contributed by atoms with Crippen LogP contribution in [0.15, 0.2) is 30.4 Å². The summed E-state index contributed by atoms with van der Waals surface area (Å²) in [6.45, 7) is -0.182. The fourth-order valence-electron chi connectivity index (χ4n) is 1.27. The van der Waals surface area contributed by atoms with Crippen molar-refractivity contribution < 1.29 is 18.9 Å². The molecule has 1 heterocycles. The summed E-state index contributed by atoms with van der Waals surface area (Å²) in [4.78, 5) is 34.8. The van der Waals surface area contributed by atoms with Gasteiger partial charge in [-0.25, -0.2) is 4.98 Å². The molecule has 8 nitrogen and oxygen atoms in total. The van der Waals surface area contributed by atoms with E-state index < -0.39 is 16.8 Å². The van der Waals surface area contributed by atoms with Crippen molar-refractivity contribution >= 4 is 12.2 Å². The van der Waals surface area contributed by atoms with Gasteiger partial charge in [-0.2, -0.15) is 4.39 Å². The zero-order valence-corrected chi connectivity index (χ0v) is 10.2. The van der Waals surface area contributed by atoms with E-state index in [0.29, 0.717) is 18.0 Å². The second-order valence-electron chi connectivity index (χ2n) is 3.59. The number of halogens is 1. The van der Waals surface area contributed by atoms with Crippen LogP contribution >= 0.6 is 0 Å². The summed E-state index contributed by atoms with van der Waals surface area (Å²) in [6, 6.07) is 2.47. The second kappa shape index (κ2) is 7.56. The lowest BCUT2D eigenvalue weighted by Gasteiger charge is -2.08. The van der Waals surface area contributed by atoms with Crippen molar-refractivity contribution in [2.24, 2.45) is 0 Å². The zero-order valence-electron chi connectivity index (χ0n) is 10.2. The van der Waals surface area contributed by atoms with Gasteiger partial charge in [-0.1, -0.05) is 6.07 Å². The van der Waals surface area contributed by atoms with Crippen molar-refractivity contribution in [2.75, 3.05) is 6.54 Å². The predicted molar refractivity (Wildman–Crippen MR) is 65.2 cm³/mol. The Labute approximate surface area is 112 Å². The summed E-state index contributed by atoms with van der Waals surface area (Å²) >= 11 is 0. The molecule has 0 saturated heterocycles. The Bertz CT molecular complexity index is 530. The molecule has 0 bridgehead atoms. The first-order valence-electron chi connectivity index (χ1n) is 5.44. The van der Waals surface area contributed by atoms with E-state index in [0.717, 1.165) is 6.07 Å². The van der Waals surface area contributed by atoms with Gasteiger partial charge >= 0.3 is 0 Å². The van der Waals surface area contributed by atoms with Crippen LogP contribution in [0.4, 0.5) is 4.39 Å². The number of hydrogen-bond acceptors (Lipinski definition) is 6. The lowest BCUT2D eigenvalue weighted by Crippen LogP contribution is -2.34. The molecule has 1 amide bonds. The third-order valence-corrected chi connectivity index (χ3v) is 2.04. The van der Waals surface area contributed by atoms with Gasteiger partial charge in [-0.15, -0.1) is 0 Å². The molecule has 0 aliphatic rings. The van der Waals surface area contributed by atoms with Gasteiger partial charge < -0.3 is 15.4 Å². The lowest BCUT2D eigenvalue weighted by molar-refractivity contribution is -0.404. The van der Waals surface area contributed by atoms with Gasteiger partial charge in [0.1, 0.15) is 6.29 Å². The van der Waals surface area contributed by atoms with Crippen LogP contribution in [0.25, 0.3) is 0 Å². The van der Waals surface area contributed by atoms with Crippen LogP contribution in [-0.2, 0) is 16.0 Å². The van der Waals surface area contributed by atoms with Crippen LogP contribution in [0.1, 0.15) is 5.56 Å². The summed E-state index contributed by atoms with van der Waals surface area (Å²) in [5.74, 6) is -1.44. The van der Waals surface area contributed by atoms with Crippen molar-refractivity contribution in [2.45, 2.75) is 6.42 Å². The number of carbonyl (C=O) groups is 2. The Balaban J connectivity index is 2.63. The lowest BCUT2D eigenvalue weighted by atomic mass is 10.2. The number of rotatable bonds is 7. The summed E-state index contributed by atoms with van der Waals surface area (Å²) in [6.07, 6.45) is 2.07. The van der Waals surface area contributed by atoms with Gasteiger partial charge in [0.25, 0.3) is 6.20 Å². The average molecular weight is 282 g/mol. The molecule has 2 N–H and O–H groups in total. The standard InChI is InChI=1S/C11H11FN4O4/c12-9-2-1-8(6-14-9)5-11(18)15-10(7-16(19)20)13-3-4-17/h1-2,4,6-7,13H,3,5H2,(H,15,18)/b10-7+. The van der Waals surface area contributed by atoms with Gasteiger partial charge in [0.15, 0.2) is 5.82 Å². The van der Waals surface area contributed by atoms with Crippen molar-refractivity contribution in [3.05, 3.63) is 52.0 Å². The molecule has 1 aromatic heterocycles. The molecule has 0 aliphatic heterocycles. The summed E-state index contributed by atoms with van der Waals surface area (Å²) in [5, 5.41) is 15.0. The highest BCUT2D eigenvalue weighted by Gasteiger charge is 2.09. The summed E-state index contributed by atoms with van der Waals surface area (Å²) < 4.78 is 12.6. The number of nitro groups is 1. The van der Waals surface area contributed by atoms with Crippen LogP contribution in [0.3, 0.4) is 0 Å². The van der Waals surface area contributed by atoms with E-state index in [-0.39, 0.29) is 18.8 Å². The first kappa shape index (κ1) is 15.2. The molecule has 0 atom stereocenters.